The van der Waals surface area contributed by atoms with Crippen molar-refractivity contribution in [3.8, 4) is 0 Å². The van der Waals surface area contributed by atoms with Crippen LogP contribution in [0.25, 0.3) is 0 Å². The Morgan fingerprint density at radius 1 is 0.667 bits per heavy atom. The van der Waals surface area contributed by atoms with Crippen LogP contribution in [-0.2, 0) is 0 Å². The standard InChI is InChI=1S/C12H22/c1-3-11-5-8-12(4-2,9-6-11)10-7-11/h3-10H2,1-2H3. The lowest BCUT2D eigenvalue weighted by Crippen LogP contribution is -2.40. The lowest BCUT2D eigenvalue weighted by atomic mass is 9.52. The number of hydrogen-bond acceptors (Lipinski definition) is 0. The summed E-state index contributed by atoms with van der Waals surface area (Å²) in [6.45, 7) is 4.79. The lowest BCUT2D eigenvalue weighted by molar-refractivity contribution is -0.0134. The fourth-order valence-corrected chi connectivity index (χ4v) is 3.40. The van der Waals surface area contributed by atoms with E-state index in [0.29, 0.717) is 0 Å². The summed E-state index contributed by atoms with van der Waals surface area (Å²) in [5, 5.41) is 0. The van der Waals surface area contributed by atoms with Crippen molar-refractivity contribution in [3.63, 3.8) is 0 Å². The maximum atomic E-state index is 2.39. The molecular weight excluding hydrogens is 144 g/mol. The molecule has 0 heterocycles. The fourth-order valence-electron chi connectivity index (χ4n) is 3.40. The third-order valence-corrected chi connectivity index (χ3v) is 5.06. The summed E-state index contributed by atoms with van der Waals surface area (Å²) in [4.78, 5) is 0. The van der Waals surface area contributed by atoms with Crippen molar-refractivity contribution >= 4 is 0 Å². The number of rotatable bonds is 2. The second kappa shape index (κ2) is 2.75. The maximum absolute atomic E-state index is 2.39. The van der Waals surface area contributed by atoms with Crippen LogP contribution < -0.4 is 0 Å². The molecule has 0 heteroatoms. The minimum absolute atomic E-state index is 0.802. The van der Waals surface area contributed by atoms with E-state index in [1.165, 1.54) is 51.4 Å². The first-order chi connectivity index (χ1) is 5.74. The van der Waals surface area contributed by atoms with E-state index < -0.39 is 0 Å². The van der Waals surface area contributed by atoms with Gasteiger partial charge in [0, 0.05) is 0 Å². The van der Waals surface area contributed by atoms with Crippen LogP contribution in [0, 0.1) is 10.8 Å². The molecule has 0 aromatic carbocycles. The minimum Gasteiger partial charge on any atom is -0.0649 e. The molecule has 3 aliphatic carbocycles. The Labute approximate surface area is 76.7 Å². The monoisotopic (exact) mass is 166 g/mol. The first-order valence-electron chi connectivity index (χ1n) is 5.74. The Bertz CT molecular complexity index is 124. The van der Waals surface area contributed by atoms with Gasteiger partial charge < -0.3 is 0 Å². The first-order valence-corrected chi connectivity index (χ1v) is 5.74. The van der Waals surface area contributed by atoms with Crippen molar-refractivity contribution in [1.82, 2.24) is 0 Å². The number of hydrogen-bond donors (Lipinski definition) is 0. The predicted octanol–water partition coefficient (Wildman–Crippen LogP) is 4.15. The van der Waals surface area contributed by atoms with Crippen molar-refractivity contribution in [2.75, 3.05) is 0 Å². The van der Waals surface area contributed by atoms with Gasteiger partial charge in [-0.3, -0.25) is 0 Å². The van der Waals surface area contributed by atoms with Crippen LogP contribution in [0.5, 0.6) is 0 Å². The molecule has 3 aliphatic rings. The zero-order chi connectivity index (χ0) is 8.66. The Morgan fingerprint density at radius 3 is 1.08 bits per heavy atom. The minimum atomic E-state index is 0.802. The second-order valence-corrected chi connectivity index (χ2v) is 5.21. The van der Waals surface area contributed by atoms with Gasteiger partial charge in [0.2, 0.25) is 0 Å². The van der Waals surface area contributed by atoms with E-state index in [1.54, 1.807) is 0 Å². The summed E-state index contributed by atoms with van der Waals surface area (Å²) in [7, 11) is 0. The average Bonchev–Trinajstić information content (AvgIpc) is 2.21. The zero-order valence-corrected chi connectivity index (χ0v) is 8.66. The van der Waals surface area contributed by atoms with Gasteiger partial charge in [-0.2, -0.15) is 0 Å². The second-order valence-electron chi connectivity index (χ2n) is 5.21. The van der Waals surface area contributed by atoms with Gasteiger partial charge in [-0.05, 0) is 49.4 Å². The molecule has 2 bridgehead atoms. The molecule has 0 unspecified atom stereocenters. The van der Waals surface area contributed by atoms with Gasteiger partial charge in [0.05, 0.1) is 0 Å². The zero-order valence-electron chi connectivity index (χ0n) is 8.66. The normalized spacial score (nSPS) is 46.5. The van der Waals surface area contributed by atoms with Gasteiger partial charge in [0.15, 0.2) is 0 Å². The molecule has 0 aromatic heterocycles. The van der Waals surface area contributed by atoms with Gasteiger partial charge >= 0.3 is 0 Å². The molecule has 0 saturated heterocycles. The van der Waals surface area contributed by atoms with Gasteiger partial charge in [-0.25, -0.2) is 0 Å². The van der Waals surface area contributed by atoms with Gasteiger partial charge in [-0.15, -0.1) is 0 Å². The van der Waals surface area contributed by atoms with E-state index in [4.69, 9.17) is 0 Å². The molecule has 0 nitrogen and oxygen atoms in total. The van der Waals surface area contributed by atoms with Gasteiger partial charge in [-0.1, -0.05) is 26.7 Å². The van der Waals surface area contributed by atoms with E-state index in [9.17, 15) is 0 Å². The Kier molecular flexibility index (Phi) is 1.97. The van der Waals surface area contributed by atoms with Crippen LogP contribution in [0.2, 0.25) is 0 Å². The first kappa shape index (κ1) is 8.59. The summed E-state index contributed by atoms with van der Waals surface area (Å²) in [6, 6.07) is 0. The van der Waals surface area contributed by atoms with Crippen molar-refractivity contribution < 1.29 is 0 Å². The van der Waals surface area contributed by atoms with Crippen molar-refractivity contribution in [2.45, 2.75) is 65.2 Å². The molecule has 0 atom stereocenters. The molecule has 12 heavy (non-hydrogen) atoms. The van der Waals surface area contributed by atoms with Gasteiger partial charge in [0.25, 0.3) is 0 Å². The highest BCUT2D eigenvalue weighted by molar-refractivity contribution is 4.97. The van der Waals surface area contributed by atoms with Crippen LogP contribution in [-0.4, -0.2) is 0 Å². The van der Waals surface area contributed by atoms with E-state index in [1.807, 2.05) is 0 Å². The summed E-state index contributed by atoms with van der Waals surface area (Å²) in [6.07, 6.45) is 12.1. The van der Waals surface area contributed by atoms with E-state index in [-0.39, 0.29) is 0 Å². The van der Waals surface area contributed by atoms with Crippen molar-refractivity contribution in [1.29, 1.82) is 0 Å². The summed E-state index contributed by atoms with van der Waals surface area (Å²) >= 11 is 0. The topological polar surface area (TPSA) is 0 Å². The Balaban J connectivity index is 2.09. The lowest BCUT2D eigenvalue weighted by Gasteiger charge is -2.53. The molecular formula is C12H22. The third kappa shape index (κ3) is 1.11. The predicted molar refractivity (Wildman–Crippen MR) is 53.2 cm³/mol. The highest BCUT2D eigenvalue weighted by Crippen LogP contribution is 2.59. The average molecular weight is 166 g/mol. The Morgan fingerprint density at radius 2 is 0.917 bits per heavy atom. The highest BCUT2D eigenvalue weighted by Gasteiger charge is 2.46. The SMILES string of the molecule is CCC12CCC(CC)(CC1)CC2. The highest BCUT2D eigenvalue weighted by atomic mass is 14.5. The molecule has 0 aliphatic heterocycles. The van der Waals surface area contributed by atoms with Gasteiger partial charge in [0.1, 0.15) is 0 Å². The van der Waals surface area contributed by atoms with E-state index >= 15 is 0 Å². The summed E-state index contributed by atoms with van der Waals surface area (Å²) in [5.74, 6) is 0. The van der Waals surface area contributed by atoms with E-state index in [0.717, 1.165) is 10.8 Å². The third-order valence-electron chi connectivity index (χ3n) is 5.06. The van der Waals surface area contributed by atoms with Crippen molar-refractivity contribution in [2.24, 2.45) is 10.8 Å². The molecule has 0 amide bonds. The summed E-state index contributed by atoms with van der Waals surface area (Å²) < 4.78 is 0. The molecule has 3 rings (SSSR count). The molecule has 0 radical (unpaired) electrons. The molecule has 3 saturated carbocycles. The largest absolute Gasteiger partial charge is 0.0649 e. The van der Waals surface area contributed by atoms with Crippen LogP contribution in [0.15, 0.2) is 0 Å². The summed E-state index contributed by atoms with van der Waals surface area (Å²) in [5.41, 5.74) is 1.60. The molecule has 3 fully saturated rings. The molecule has 0 spiro atoms. The maximum Gasteiger partial charge on any atom is -0.0299 e. The van der Waals surface area contributed by atoms with E-state index in [2.05, 4.69) is 13.8 Å². The van der Waals surface area contributed by atoms with Crippen LogP contribution in [0.1, 0.15) is 65.2 Å². The van der Waals surface area contributed by atoms with Crippen LogP contribution >= 0.6 is 0 Å². The van der Waals surface area contributed by atoms with Crippen molar-refractivity contribution in [3.05, 3.63) is 0 Å². The van der Waals surface area contributed by atoms with Crippen LogP contribution in [0.3, 0.4) is 0 Å². The van der Waals surface area contributed by atoms with Crippen LogP contribution in [0.4, 0.5) is 0 Å². The Hall–Kier alpha value is 0. The smallest absolute Gasteiger partial charge is 0.0299 e. The number of fused-ring (bicyclic) bond motifs is 3. The fraction of sp³-hybridized carbons (Fsp3) is 1.00. The molecule has 70 valence electrons. The quantitative estimate of drug-likeness (QED) is 0.578. The molecule has 0 N–H and O–H groups in total. The molecule has 0 aromatic rings.